The van der Waals surface area contributed by atoms with E-state index in [-0.39, 0.29) is 5.41 Å². The molecule has 0 radical (unpaired) electrons. The molecule has 188 valence electrons. The van der Waals surface area contributed by atoms with Crippen LogP contribution in [0.4, 0.5) is 0 Å². The first-order valence-electron chi connectivity index (χ1n) is 12.0. The van der Waals surface area contributed by atoms with Gasteiger partial charge >= 0.3 is 210 Å². The van der Waals surface area contributed by atoms with Crippen molar-refractivity contribution in [1.82, 2.24) is 0 Å². The van der Waals surface area contributed by atoms with E-state index in [9.17, 15) is 0 Å². The topological polar surface area (TPSA) is 46.2 Å². The van der Waals surface area contributed by atoms with Crippen LogP contribution in [-0.4, -0.2) is 13.2 Å². The quantitative estimate of drug-likeness (QED) is 0.321. The molecule has 0 N–H and O–H groups in total. The normalized spacial score (nSPS) is 19.3. The summed E-state index contributed by atoms with van der Waals surface area (Å²) >= 11 is 0. The Bertz CT molecular complexity index is 1040. The van der Waals surface area contributed by atoms with Crippen molar-refractivity contribution in [3.63, 3.8) is 0 Å². The third-order valence-electron chi connectivity index (χ3n) is 6.28. The van der Waals surface area contributed by atoms with Gasteiger partial charge in [0.15, 0.2) is 0 Å². The van der Waals surface area contributed by atoms with Gasteiger partial charge in [0.05, 0.1) is 0 Å². The second-order valence-corrected chi connectivity index (χ2v) is 12.9. The van der Waals surface area contributed by atoms with Crippen LogP contribution in [0.1, 0.15) is 47.2 Å². The van der Waals surface area contributed by atoms with Gasteiger partial charge in [0, 0.05) is 0 Å². The third-order valence-corrected chi connectivity index (χ3v) is 8.82. The molecular weight excluding hydrogens is 459 g/mol. The van der Waals surface area contributed by atoms with E-state index in [2.05, 4.69) is 13.8 Å². The van der Waals surface area contributed by atoms with Gasteiger partial charge in [-0.15, -0.1) is 0 Å². The van der Waals surface area contributed by atoms with Crippen LogP contribution in [0.3, 0.4) is 0 Å². The van der Waals surface area contributed by atoms with Gasteiger partial charge in [0.1, 0.15) is 0 Å². The third kappa shape index (κ3) is 5.04. The maximum atomic E-state index is 6.86. The Labute approximate surface area is 209 Å². The molecule has 1 heterocycles. The van der Waals surface area contributed by atoms with E-state index in [1.807, 2.05) is 96.1 Å². The molecule has 1 aliphatic rings. The van der Waals surface area contributed by atoms with E-state index in [0.717, 1.165) is 33.4 Å². The van der Waals surface area contributed by atoms with E-state index in [4.69, 9.17) is 22.6 Å². The van der Waals surface area contributed by atoms with E-state index < -0.39 is 7.74 Å². The van der Waals surface area contributed by atoms with Gasteiger partial charge in [-0.3, -0.25) is 0 Å². The fraction of sp³-hybridized carbons (Fsp3) is 0.379. The predicted molar refractivity (Wildman–Crippen MR) is 142 cm³/mol. The van der Waals surface area contributed by atoms with Gasteiger partial charge < -0.3 is 0 Å². The van der Waals surface area contributed by atoms with Crippen LogP contribution in [0.15, 0.2) is 54.6 Å². The Balaban J connectivity index is 1.98. The average molecular weight is 497 g/mol. The summed E-state index contributed by atoms with van der Waals surface area (Å²) in [7, 11) is -4.75. The summed E-state index contributed by atoms with van der Waals surface area (Å²) < 4.78 is 33.9. The second kappa shape index (κ2) is 9.13. The SMILES string of the molecule is Cc1cccc(C)c1OP1(Oc2c(C)cccc2C)(Oc2c(C)cccc2C)OCC(C)(C)CO1. The van der Waals surface area contributed by atoms with Crippen LogP contribution >= 0.6 is 7.74 Å². The number of benzene rings is 3. The summed E-state index contributed by atoms with van der Waals surface area (Å²) in [5, 5.41) is 0. The van der Waals surface area contributed by atoms with Gasteiger partial charge in [-0.2, -0.15) is 0 Å². The van der Waals surface area contributed by atoms with Crippen molar-refractivity contribution in [3.05, 3.63) is 88.0 Å². The second-order valence-electron chi connectivity index (χ2n) is 10.4. The molecule has 0 saturated carbocycles. The summed E-state index contributed by atoms with van der Waals surface area (Å²) in [6.07, 6.45) is 0. The Morgan fingerprint density at radius 1 is 0.543 bits per heavy atom. The van der Waals surface area contributed by atoms with E-state index in [0.29, 0.717) is 30.5 Å². The monoisotopic (exact) mass is 496 g/mol. The van der Waals surface area contributed by atoms with Crippen molar-refractivity contribution in [2.45, 2.75) is 55.4 Å². The molecule has 3 aromatic rings. The van der Waals surface area contributed by atoms with Gasteiger partial charge in [0.25, 0.3) is 0 Å². The molecule has 6 heteroatoms. The maximum absolute atomic E-state index is 6.86. The Morgan fingerprint density at radius 2 is 0.800 bits per heavy atom. The molecule has 1 aliphatic heterocycles. The molecule has 1 saturated heterocycles. The van der Waals surface area contributed by atoms with Crippen molar-refractivity contribution < 1.29 is 22.6 Å². The number of aryl methyl sites for hydroxylation is 6. The Kier molecular flexibility index (Phi) is 6.65. The number of hydrogen-bond donors (Lipinski definition) is 0. The van der Waals surface area contributed by atoms with Crippen molar-refractivity contribution in [1.29, 1.82) is 0 Å². The molecule has 35 heavy (non-hydrogen) atoms. The first-order valence-corrected chi connectivity index (χ1v) is 13.9. The van der Waals surface area contributed by atoms with Crippen molar-refractivity contribution >= 4 is 7.74 Å². The predicted octanol–water partition coefficient (Wildman–Crippen LogP) is 8.28. The van der Waals surface area contributed by atoms with Crippen molar-refractivity contribution in [3.8, 4) is 17.2 Å². The molecule has 0 aliphatic carbocycles. The first kappa shape index (κ1) is 25.5. The zero-order chi connectivity index (χ0) is 25.5. The molecule has 4 rings (SSSR count). The van der Waals surface area contributed by atoms with Gasteiger partial charge in [-0.25, -0.2) is 0 Å². The minimum atomic E-state index is -4.75. The summed E-state index contributed by atoms with van der Waals surface area (Å²) in [4.78, 5) is 0. The zero-order valence-electron chi connectivity index (χ0n) is 22.1. The van der Waals surface area contributed by atoms with Crippen LogP contribution in [0.5, 0.6) is 17.2 Å². The van der Waals surface area contributed by atoms with Crippen LogP contribution in [-0.2, 0) is 9.05 Å². The van der Waals surface area contributed by atoms with E-state index in [1.54, 1.807) is 0 Å². The average Bonchev–Trinajstić information content (AvgIpc) is 2.80. The van der Waals surface area contributed by atoms with Crippen LogP contribution < -0.4 is 13.6 Å². The number of rotatable bonds is 6. The van der Waals surface area contributed by atoms with E-state index in [1.165, 1.54) is 0 Å². The molecule has 0 spiro atoms. The van der Waals surface area contributed by atoms with Gasteiger partial charge in [-0.1, -0.05) is 0 Å². The molecule has 1 fully saturated rings. The molecule has 3 aromatic carbocycles. The standard InChI is InChI=1S/C29H37O5P/c1-20-12-9-13-21(2)26(20)32-35(30-18-29(7,8)19-31-35,33-27-22(3)14-10-15-23(27)4)34-28-24(5)16-11-17-25(28)6/h9-17H,18-19H2,1-8H3. The van der Waals surface area contributed by atoms with Crippen molar-refractivity contribution in [2.75, 3.05) is 13.2 Å². The van der Waals surface area contributed by atoms with Crippen LogP contribution in [0.2, 0.25) is 0 Å². The molecule has 0 aromatic heterocycles. The number of para-hydroxylation sites is 3. The van der Waals surface area contributed by atoms with Gasteiger partial charge in [0.2, 0.25) is 0 Å². The van der Waals surface area contributed by atoms with Crippen molar-refractivity contribution in [2.24, 2.45) is 5.41 Å². The van der Waals surface area contributed by atoms with Crippen LogP contribution in [0, 0.1) is 47.0 Å². The fourth-order valence-electron chi connectivity index (χ4n) is 4.13. The molecule has 5 nitrogen and oxygen atoms in total. The van der Waals surface area contributed by atoms with Crippen LogP contribution in [0.25, 0.3) is 0 Å². The van der Waals surface area contributed by atoms with E-state index >= 15 is 0 Å². The Morgan fingerprint density at radius 3 is 1.06 bits per heavy atom. The molecule has 0 unspecified atom stereocenters. The molecule has 0 bridgehead atoms. The first-order chi connectivity index (χ1) is 16.4. The molecule has 0 amide bonds. The summed E-state index contributed by atoms with van der Waals surface area (Å²) in [5.74, 6) is 1.92. The fourth-order valence-corrected chi connectivity index (χ4v) is 7.51. The summed E-state index contributed by atoms with van der Waals surface area (Å²) in [6.45, 7) is 16.9. The molecule has 0 atom stereocenters. The zero-order valence-corrected chi connectivity index (χ0v) is 23.0. The minimum absolute atomic E-state index is 0.236. The Hall–Kier alpha value is -2.59. The van der Waals surface area contributed by atoms with Gasteiger partial charge in [-0.05, 0) is 0 Å². The molecular formula is C29H37O5P. The summed E-state index contributed by atoms with van der Waals surface area (Å²) in [6, 6.07) is 18.0. The summed E-state index contributed by atoms with van der Waals surface area (Å²) in [5.41, 5.74) is 5.44. The number of hydrogen-bond acceptors (Lipinski definition) is 5.